The maximum Gasteiger partial charge on any atom is 0.324 e. The van der Waals surface area contributed by atoms with Gasteiger partial charge < -0.3 is 9.84 Å². The van der Waals surface area contributed by atoms with Gasteiger partial charge in [-0.15, -0.1) is 0 Å². The minimum absolute atomic E-state index is 0.183. The first-order valence-electron chi connectivity index (χ1n) is 8.03. The van der Waals surface area contributed by atoms with Gasteiger partial charge in [-0.25, -0.2) is 0 Å². The predicted octanol–water partition coefficient (Wildman–Crippen LogP) is 4.13. The number of esters is 1. The molecule has 0 fully saturated rings. The van der Waals surface area contributed by atoms with Crippen LogP contribution in [0.15, 0.2) is 0 Å². The van der Waals surface area contributed by atoms with Crippen LogP contribution in [0.3, 0.4) is 0 Å². The molecule has 2 unspecified atom stereocenters. The number of carboxylic acid groups (broad SMARTS) is 1. The van der Waals surface area contributed by atoms with Crippen LogP contribution in [0.4, 0.5) is 0 Å². The third-order valence-electron chi connectivity index (χ3n) is 4.25. The summed E-state index contributed by atoms with van der Waals surface area (Å²) in [6.07, 6.45) is 1.49. The smallest absolute Gasteiger partial charge is 0.324 e. The summed E-state index contributed by atoms with van der Waals surface area (Å²) in [5.74, 6) is -1.41. The maximum absolute atomic E-state index is 12.6. The van der Waals surface area contributed by atoms with Crippen molar-refractivity contribution in [2.75, 3.05) is 0 Å². The summed E-state index contributed by atoms with van der Waals surface area (Å²) in [7, 11) is 0. The fraction of sp³-hybridized carbons (Fsp3) is 0.882. The molecule has 0 saturated carbocycles. The lowest BCUT2D eigenvalue weighted by Gasteiger charge is -2.34. The van der Waals surface area contributed by atoms with Crippen molar-refractivity contribution in [1.29, 1.82) is 0 Å². The standard InChI is InChI=1S/C17H32O4/c1-8-14(12(4)5)21-16(20)17(13(6)7,15(18)19)10-9-11(2)3/h11-14H,8-10H2,1-7H3,(H,18,19). The number of carboxylic acids is 1. The van der Waals surface area contributed by atoms with Gasteiger partial charge in [-0.1, -0.05) is 48.5 Å². The molecule has 0 amide bonds. The number of ether oxygens (including phenoxy) is 1. The summed E-state index contributed by atoms with van der Waals surface area (Å²) < 4.78 is 5.56. The van der Waals surface area contributed by atoms with Crippen LogP contribution in [0.1, 0.15) is 67.7 Å². The molecule has 0 saturated heterocycles. The van der Waals surface area contributed by atoms with Crippen molar-refractivity contribution < 1.29 is 19.4 Å². The zero-order chi connectivity index (χ0) is 16.8. The van der Waals surface area contributed by atoms with E-state index in [0.29, 0.717) is 25.2 Å². The number of rotatable bonds is 9. The number of hydrogen-bond donors (Lipinski definition) is 1. The Bertz CT molecular complexity index is 347. The molecule has 0 spiro atoms. The van der Waals surface area contributed by atoms with E-state index in [2.05, 4.69) is 0 Å². The highest BCUT2D eigenvalue weighted by Gasteiger charge is 2.50. The molecule has 0 aliphatic heterocycles. The van der Waals surface area contributed by atoms with E-state index in [1.807, 2.05) is 34.6 Å². The summed E-state index contributed by atoms with van der Waals surface area (Å²) >= 11 is 0. The molecule has 4 heteroatoms. The Balaban J connectivity index is 5.36. The molecule has 0 bridgehead atoms. The van der Waals surface area contributed by atoms with Crippen molar-refractivity contribution >= 4 is 11.9 Å². The van der Waals surface area contributed by atoms with Gasteiger partial charge in [-0.05, 0) is 37.0 Å². The topological polar surface area (TPSA) is 63.6 Å². The number of carbonyl (C=O) groups excluding carboxylic acids is 1. The van der Waals surface area contributed by atoms with Gasteiger partial charge in [0.25, 0.3) is 0 Å². The van der Waals surface area contributed by atoms with Crippen molar-refractivity contribution in [3.63, 3.8) is 0 Å². The molecule has 0 aromatic heterocycles. The van der Waals surface area contributed by atoms with E-state index in [4.69, 9.17) is 4.74 Å². The Morgan fingerprint density at radius 1 is 1.10 bits per heavy atom. The third kappa shape index (κ3) is 5.01. The highest BCUT2D eigenvalue weighted by atomic mass is 16.5. The summed E-state index contributed by atoms with van der Waals surface area (Å²) in [6, 6.07) is 0. The summed E-state index contributed by atoms with van der Waals surface area (Å²) in [4.78, 5) is 24.5. The van der Waals surface area contributed by atoms with Gasteiger partial charge in [0.05, 0.1) is 0 Å². The molecular formula is C17H32O4. The van der Waals surface area contributed by atoms with E-state index in [0.717, 1.165) is 0 Å². The Hall–Kier alpha value is -1.06. The van der Waals surface area contributed by atoms with Gasteiger partial charge in [-0.3, -0.25) is 9.59 Å². The molecule has 1 N–H and O–H groups in total. The fourth-order valence-electron chi connectivity index (χ4n) is 2.52. The van der Waals surface area contributed by atoms with Crippen LogP contribution in [0.25, 0.3) is 0 Å². The lowest BCUT2D eigenvalue weighted by atomic mass is 9.72. The number of aliphatic carboxylic acids is 1. The highest BCUT2D eigenvalue weighted by Crippen LogP contribution is 2.37. The van der Waals surface area contributed by atoms with Crippen LogP contribution in [0, 0.1) is 23.2 Å². The average Bonchev–Trinajstić information content (AvgIpc) is 2.34. The maximum atomic E-state index is 12.6. The van der Waals surface area contributed by atoms with E-state index < -0.39 is 17.4 Å². The van der Waals surface area contributed by atoms with Crippen LogP contribution in [0.2, 0.25) is 0 Å². The van der Waals surface area contributed by atoms with Crippen molar-refractivity contribution in [2.24, 2.45) is 23.2 Å². The molecule has 0 radical (unpaired) electrons. The minimum Gasteiger partial charge on any atom is -0.480 e. The summed E-state index contributed by atoms with van der Waals surface area (Å²) in [5.41, 5.74) is -1.44. The van der Waals surface area contributed by atoms with Crippen molar-refractivity contribution in [1.82, 2.24) is 0 Å². The van der Waals surface area contributed by atoms with Crippen molar-refractivity contribution in [3.8, 4) is 0 Å². The first-order valence-corrected chi connectivity index (χ1v) is 8.03. The fourth-order valence-corrected chi connectivity index (χ4v) is 2.52. The molecule has 2 atom stereocenters. The van der Waals surface area contributed by atoms with E-state index in [1.54, 1.807) is 13.8 Å². The average molecular weight is 300 g/mol. The minimum atomic E-state index is -1.44. The normalized spacial score (nSPS) is 16.1. The predicted molar refractivity (Wildman–Crippen MR) is 84.0 cm³/mol. The van der Waals surface area contributed by atoms with E-state index in [1.165, 1.54) is 0 Å². The third-order valence-corrected chi connectivity index (χ3v) is 4.25. The second-order valence-corrected chi connectivity index (χ2v) is 6.96. The summed E-state index contributed by atoms with van der Waals surface area (Å²) in [5, 5.41) is 9.70. The lowest BCUT2D eigenvalue weighted by Crippen LogP contribution is -2.47. The molecule has 0 heterocycles. The van der Waals surface area contributed by atoms with Gasteiger partial charge in [0.2, 0.25) is 0 Å². The Morgan fingerprint density at radius 2 is 1.62 bits per heavy atom. The van der Waals surface area contributed by atoms with Gasteiger partial charge in [0.15, 0.2) is 5.41 Å². The second-order valence-electron chi connectivity index (χ2n) is 6.96. The molecule has 0 aliphatic rings. The van der Waals surface area contributed by atoms with E-state index in [9.17, 15) is 14.7 Å². The largest absolute Gasteiger partial charge is 0.480 e. The van der Waals surface area contributed by atoms with E-state index in [-0.39, 0.29) is 17.9 Å². The lowest BCUT2D eigenvalue weighted by molar-refractivity contribution is -0.179. The van der Waals surface area contributed by atoms with Gasteiger partial charge >= 0.3 is 11.9 Å². The second kappa shape index (κ2) is 8.40. The number of carbonyl (C=O) groups is 2. The Labute approximate surface area is 129 Å². The Kier molecular flexibility index (Phi) is 7.98. The molecule has 0 rings (SSSR count). The van der Waals surface area contributed by atoms with E-state index >= 15 is 0 Å². The molecule has 4 nitrogen and oxygen atoms in total. The number of hydrogen-bond acceptors (Lipinski definition) is 3. The quantitative estimate of drug-likeness (QED) is 0.514. The van der Waals surface area contributed by atoms with Gasteiger partial charge in [0, 0.05) is 0 Å². The molecule has 124 valence electrons. The first-order chi connectivity index (χ1) is 9.59. The van der Waals surface area contributed by atoms with Crippen LogP contribution in [-0.2, 0) is 14.3 Å². The SMILES string of the molecule is CCC(OC(=O)C(CCC(C)C)(C(=O)O)C(C)C)C(C)C. The van der Waals surface area contributed by atoms with Gasteiger partial charge in [-0.2, -0.15) is 0 Å². The zero-order valence-electron chi connectivity index (χ0n) is 14.6. The van der Waals surface area contributed by atoms with Crippen LogP contribution < -0.4 is 0 Å². The van der Waals surface area contributed by atoms with Gasteiger partial charge in [0.1, 0.15) is 6.10 Å². The van der Waals surface area contributed by atoms with Crippen LogP contribution in [0.5, 0.6) is 0 Å². The van der Waals surface area contributed by atoms with Crippen molar-refractivity contribution in [3.05, 3.63) is 0 Å². The first kappa shape index (κ1) is 19.9. The highest BCUT2D eigenvalue weighted by molar-refractivity contribution is 5.99. The summed E-state index contributed by atoms with van der Waals surface area (Å²) in [6.45, 7) is 13.5. The molecule has 21 heavy (non-hydrogen) atoms. The zero-order valence-corrected chi connectivity index (χ0v) is 14.6. The monoisotopic (exact) mass is 300 g/mol. The Morgan fingerprint density at radius 3 is 1.90 bits per heavy atom. The van der Waals surface area contributed by atoms with Crippen LogP contribution >= 0.6 is 0 Å². The molecule has 0 aliphatic carbocycles. The van der Waals surface area contributed by atoms with Crippen molar-refractivity contribution in [2.45, 2.75) is 73.8 Å². The molecule has 0 aromatic rings. The van der Waals surface area contributed by atoms with Crippen LogP contribution in [-0.4, -0.2) is 23.1 Å². The molecular weight excluding hydrogens is 268 g/mol. The molecule has 0 aromatic carbocycles.